The predicted octanol–water partition coefficient (Wildman–Crippen LogP) is 3.10. The van der Waals surface area contributed by atoms with Gasteiger partial charge >= 0.3 is 0 Å². The number of benzene rings is 2. The van der Waals surface area contributed by atoms with Gasteiger partial charge < -0.3 is 9.80 Å². The van der Waals surface area contributed by atoms with Gasteiger partial charge in [0.05, 0.1) is 0 Å². The standard InChI is InChI=1S/C18H19FN2O/c1-14-2-4-15(5-3-14)18(22)21-12-10-20(11-13-21)17-8-6-16(19)7-9-17/h2-9H,10-13H2,1H3. The van der Waals surface area contributed by atoms with Gasteiger partial charge in [-0.3, -0.25) is 4.79 Å². The lowest BCUT2D eigenvalue weighted by molar-refractivity contribution is 0.0747. The summed E-state index contributed by atoms with van der Waals surface area (Å²) >= 11 is 0. The number of carbonyl (C=O) groups excluding carboxylic acids is 1. The minimum Gasteiger partial charge on any atom is -0.368 e. The van der Waals surface area contributed by atoms with Gasteiger partial charge in [-0.2, -0.15) is 0 Å². The van der Waals surface area contributed by atoms with E-state index >= 15 is 0 Å². The van der Waals surface area contributed by atoms with Gasteiger partial charge in [-0.15, -0.1) is 0 Å². The zero-order valence-electron chi connectivity index (χ0n) is 12.6. The van der Waals surface area contributed by atoms with Crippen molar-refractivity contribution in [3.05, 3.63) is 65.5 Å². The molecule has 0 bridgehead atoms. The third kappa shape index (κ3) is 3.11. The highest BCUT2D eigenvalue weighted by Gasteiger charge is 2.22. The summed E-state index contributed by atoms with van der Waals surface area (Å²) in [6, 6.07) is 14.2. The maximum Gasteiger partial charge on any atom is 0.253 e. The summed E-state index contributed by atoms with van der Waals surface area (Å²) in [4.78, 5) is 16.5. The van der Waals surface area contributed by atoms with Crippen LogP contribution in [0.4, 0.5) is 10.1 Å². The Bertz CT molecular complexity index is 644. The highest BCUT2D eigenvalue weighted by molar-refractivity contribution is 5.94. The van der Waals surface area contributed by atoms with Crippen LogP contribution in [-0.2, 0) is 0 Å². The molecule has 0 N–H and O–H groups in total. The van der Waals surface area contributed by atoms with Crippen molar-refractivity contribution in [2.45, 2.75) is 6.92 Å². The van der Waals surface area contributed by atoms with E-state index < -0.39 is 0 Å². The van der Waals surface area contributed by atoms with Crippen molar-refractivity contribution in [2.75, 3.05) is 31.1 Å². The molecule has 0 aliphatic carbocycles. The van der Waals surface area contributed by atoms with Crippen molar-refractivity contribution in [3.8, 4) is 0 Å². The van der Waals surface area contributed by atoms with Gasteiger partial charge in [-0.1, -0.05) is 17.7 Å². The second kappa shape index (κ2) is 6.18. The summed E-state index contributed by atoms with van der Waals surface area (Å²) in [5, 5.41) is 0. The Morgan fingerprint density at radius 3 is 2.09 bits per heavy atom. The number of hydrogen-bond acceptors (Lipinski definition) is 2. The molecule has 0 atom stereocenters. The van der Waals surface area contributed by atoms with Crippen molar-refractivity contribution < 1.29 is 9.18 Å². The van der Waals surface area contributed by atoms with Crippen LogP contribution in [0, 0.1) is 12.7 Å². The van der Waals surface area contributed by atoms with Crippen molar-refractivity contribution in [2.24, 2.45) is 0 Å². The number of anilines is 1. The quantitative estimate of drug-likeness (QED) is 0.850. The van der Waals surface area contributed by atoms with Crippen molar-refractivity contribution in [1.29, 1.82) is 0 Å². The Hall–Kier alpha value is -2.36. The Kier molecular flexibility index (Phi) is 4.09. The van der Waals surface area contributed by atoms with Gasteiger partial charge in [0, 0.05) is 37.4 Å². The lowest BCUT2D eigenvalue weighted by atomic mass is 10.1. The lowest BCUT2D eigenvalue weighted by Gasteiger charge is -2.36. The smallest absolute Gasteiger partial charge is 0.253 e. The molecule has 1 aliphatic rings. The Labute approximate surface area is 130 Å². The molecule has 0 aromatic heterocycles. The summed E-state index contributed by atoms with van der Waals surface area (Å²) in [6.45, 7) is 4.91. The molecule has 1 heterocycles. The minimum atomic E-state index is -0.225. The van der Waals surface area contributed by atoms with Crippen LogP contribution in [0.25, 0.3) is 0 Å². The molecule has 1 amide bonds. The summed E-state index contributed by atoms with van der Waals surface area (Å²) in [5.41, 5.74) is 2.89. The average molecular weight is 298 g/mol. The molecule has 1 saturated heterocycles. The van der Waals surface area contributed by atoms with Crippen LogP contribution in [0.1, 0.15) is 15.9 Å². The largest absolute Gasteiger partial charge is 0.368 e. The first-order chi connectivity index (χ1) is 10.6. The molecule has 1 aliphatic heterocycles. The Morgan fingerprint density at radius 2 is 1.50 bits per heavy atom. The number of halogens is 1. The van der Waals surface area contributed by atoms with Crippen molar-refractivity contribution in [3.63, 3.8) is 0 Å². The second-order valence-corrected chi connectivity index (χ2v) is 5.62. The number of piperazine rings is 1. The van der Waals surface area contributed by atoms with E-state index in [1.165, 1.54) is 12.1 Å². The molecular formula is C18H19FN2O. The first-order valence-corrected chi connectivity index (χ1v) is 7.50. The highest BCUT2D eigenvalue weighted by Crippen LogP contribution is 2.18. The van der Waals surface area contributed by atoms with Crippen LogP contribution in [0.3, 0.4) is 0 Å². The maximum atomic E-state index is 13.0. The van der Waals surface area contributed by atoms with E-state index in [2.05, 4.69) is 4.90 Å². The van der Waals surface area contributed by atoms with Crippen LogP contribution in [0.5, 0.6) is 0 Å². The summed E-state index contributed by atoms with van der Waals surface area (Å²) in [6.07, 6.45) is 0. The SMILES string of the molecule is Cc1ccc(C(=O)N2CCN(c3ccc(F)cc3)CC2)cc1. The molecule has 3 rings (SSSR count). The zero-order chi connectivity index (χ0) is 15.5. The first-order valence-electron chi connectivity index (χ1n) is 7.50. The van der Waals surface area contributed by atoms with Gasteiger partial charge in [-0.25, -0.2) is 4.39 Å². The summed E-state index contributed by atoms with van der Waals surface area (Å²) in [5.74, 6) is -0.143. The van der Waals surface area contributed by atoms with Gasteiger partial charge in [0.2, 0.25) is 0 Å². The predicted molar refractivity (Wildman–Crippen MR) is 85.7 cm³/mol. The maximum absolute atomic E-state index is 13.0. The Balaban J connectivity index is 1.62. The van der Waals surface area contributed by atoms with E-state index in [-0.39, 0.29) is 11.7 Å². The zero-order valence-corrected chi connectivity index (χ0v) is 12.6. The normalized spacial score (nSPS) is 15.0. The summed E-state index contributed by atoms with van der Waals surface area (Å²) < 4.78 is 13.0. The van der Waals surface area contributed by atoms with Crippen LogP contribution < -0.4 is 4.90 Å². The lowest BCUT2D eigenvalue weighted by Crippen LogP contribution is -2.48. The molecule has 0 spiro atoms. The van der Waals surface area contributed by atoms with E-state index in [4.69, 9.17) is 0 Å². The monoisotopic (exact) mass is 298 g/mol. The number of carbonyl (C=O) groups is 1. The van der Waals surface area contributed by atoms with Gasteiger partial charge in [0.25, 0.3) is 5.91 Å². The number of rotatable bonds is 2. The molecule has 1 fully saturated rings. The molecule has 0 saturated carbocycles. The average Bonchev–Trinajstić information content (AvgIpc) is 2.56. The number of aryl methyl sites for hydroxylation is 1. The van der Waals surface area contributed by atoms with E-state index in [0.717, 1.165) is 29.9 Å². The Morgan fingerprint density at radius 1 is 0.909 bits per heavy atom. The van der Waals surface area contributed by atoms with E-state index in [1.54, 1.807) is 12.1 Å². The fourth-order valence-corrected chi connectivity index (χ4v) is 2.70. The van der Waals surface area contributed by atoms with Gasteiger partial charge in [0.15, 0.2) is 0 Å². The molecule has 3 nitrogen and oxygen atoms in total. The fourth-order valence-electron chi connectivity index (χ4n) is 2.70. The molecule has 114 valence electrons. The minimum absolute atomic E-state index is 0.0822. The van der Waals surface area contributed by atoms with Crippen LogP contribution >= 0.6 is 0 Å². The molecule has 4 heteroatoms. The molecule has 22 heavy (non-hydrogen) atoms. The van der Waals surface area contributed by atoms with E-state index in [1.807, 2.05) is 36.1 Å². The third-order valence-corrected chi connectivity index (χ3v) is 4.06. The second-order valence-electron chi connectivity index (χ2n) is 5.62. The van der Waals surface area contributed by atoms with Crippen LogP contribution in [0.15, 0.2) is 48.5 Å². The number of amides is 1. The third-order valence-electron chi connectivity index (χ3n) is 4.06. The molecular weight excluding hydrogens is 279 g/mol. The van der Waals surface area contributed by atoms with E-state index in [9.17, 15) is 9.18 Å². The molecule has 2 aromatic carbocycles. The highest BCUT2D eigenvalue weighted by atomic mass is 19.1. The van der Waals surface area contributed by atoms with E-state index in [0.29, 0.717) is 13.1 Å². The van der Waals surface area contributed by atoms with Crippen LogP contribution in [0.2, 0.25) is 0 Å². The number of nitrogens with zero attached hydrogens (tertiary/aromatic N) is 2. The van der Waals surface area contributed by atoms with Crippen LogP contribution in [-0.4, -0.2) is 37.0 Å². The van der Waals surface area contributed by atoms with Crippen molar-refractivity contribution in [1.82, 2.24) is 4.90 Å². The summed E-state index contributed by atoms with van der Waals surface area (Å²) in [7, 11) is 0. The number of hydrogen-bond donors (Lipinski definition) is 0. The van der Waals surface area contributed by atoms with Gasteiger partial charge in [-0.05, 0) is 43.3 Å². The van der Waals surface area contributed by atoms with Crippen molar-refractivity contribution >= 4 is 11.6 Å². The fraction of sp³-hybridized carbons (Fsp3) is 0.278. The topological polar surface area (TPSA) is 23.6 Å². The first kappa shape index (κ1) is 14.6. The molecule has 0 unspecified atom stereocenters. The van der Waals surface area contributed by atoms with Gasteiger partial charge in [0.1, 0.15) is 5.82 Å². The molecule has 0 radical (unpaired) electrons. The molecule has 2 aromatic rings.